The standard InChI is InChI=1S/C14H18N2O4.ClH/c1-19-12(17)9-20-11-4-2-3-10(7-11)8-16-13(18)14(15)5-6-14;/h2-4,7H,5-6,8-9,15H2,1H3,(H,16,18);1H. The van der Waals surface area contributed by atoms with Gasteiger partial charge >= 0.3 is 5.97 Å². The zero-order chi connectivity index (χ0) is 14.6. The van der Waals surface area contributed by atoms with Crippen LogP contribution in [0.15, 0.2) is 24.3 Å². The third-order valence-electron chi connectivity index (χ3n) is 3.18. The number of nitrogens with two attached hydrogens (primary N) is 1. The zero-order valence-corrected chi connectivity index (χ0v) is 12.6. The molecule has 3 N–H and O–H groups in total. The highest BCUT2D eigenvalue weighted by molar-refractivity contribution is 5.88. The van der Waals surface area contributed by atoms with Crippen molar-refractivity contribution in [3.8, 4) is 5.75 Å². The molecular weight excluding hydrogens is 296 g/mol. The van der Waals surface area contributed by atoms with Gasteiger partial charge in [-0.25, -0.2) is 4.79 Å². The van der Waals surface area contributed by atoms with Crippen LogP contribution in [0.5, 0.6) is 5.75 Å². The normalized spacial score (nSPS) is 14.6. The van der Waals surface area contributed by atoms with E-state index < -0.39 is 11.5 Å². The fourth-order valence-corrected chi connectivity index (χ4v) is 1.67. The van der Waals surface area contributed by atoms with E-state index in [0.717, 1.165) is 18.4 Å². The summed E-state index contributed by atoms with van der Waals surface area (Å²) in [7, 11) is 1.30. The molecule has 116 valence electrons. The van der Waals surface area contributed by atoms with Crippen molar-refractivity contribution >= 4 is 24.3 Å². The lowest BCUT2D eigenvalue weighted by molar-refractivity contribution is -0.142. The maximum absolute atomic E-state index is 11.7. The van der Waals surface area contributed by atoms with Crippen LogP contribution >= 0.6 is 12.4 Å². The highest BCUT2D eigenvalue weighted by Gasteiger charge is 2.45. The summed E-state index contributed by atoms with van der Waals surface area (Å²) in [4.78, 5) is 22.7. The van der Waals surface area contributed by atoms with Gasteiger partial charge in [0.25, 0.3) is 0 Å². The second kappa shape index (κ2) is 7.28. The van der Waals surface area contributed by atoms with Gasteiger partial charge in [0.1, 0.15) is 5.75 Å². The molecule has 0 heterocycles. The van der Waals surface area contributed by atoms with Crippen LogP contribution in [0, 0.1) is 0 Å². The summed E-state index contributed by atoms with van der Waals surface area (Å²) >= 11 is 0. The van der Waals surface area contributed by atoms with Gasteiger partial charge in [-0.05, 0) is 30.5 Å². The lowest BCUT2D eigenvalue weighted by Gasteiger charge is -2.11. The molecule has 1 amide bonds. The van der Waals surface area contributed by atoms with Crippen LogP contribution in [0.1, 0.15) is 18.4 Å². The van der Waals surface area contributed by atoms with Crippen molar-refractivity contribution in [3.05, 3.63) is 29.8 Å². The maximum atomic E-state index is 11.7. The summed E-state index contributed by atoms with van der Waals surface area (Å²) in [5, 5.41) is 2.79. The highest BCUT2D eigenvalue weighted by Crippen LogP contribution is 2.32. The Morgan fingerprint density at radius 3 is 2.71 bits per heavy atom. The van der Waals surface area contributed by atoms with E-state index in [1.165, 1.54) is 7.11 Å². The Labute approximate surface area is 129 Å². The van der Waals surface area contributed by atoms with Crippen LogP contribution in [0.25, 0.3) is 0 Å². The van der Waals surface area contributed by atoms with E-state index in [0.29, 0.717) is 12.3 Å². The number of halogens is 1. The van der Waals surface area contributed by atoms with Crippen LogP contribution in [0.4, 0.5) is 0 Å². The van der Waals surface area contributed by atoms with Gasteiger partial charge < -0.3 is 20.5 Å². The summed E-state index contributed by atoms with van der Waals surface area (Å²) in [6.45, 7) is 0.241. The molecule has 0 spiro atoms. The van der Waals surface area contributed by atoms with E-state index in [1.807, 2.05) is 6.07 Å². The summed E-state index contributed by atoms with van der Waals surface area (Å²) in [5.41, 5.74) is 6.00. The lowest BCUT2D eigenvalue weighted by atomic mass is 10.2. The number of carbonyl (C=O) groups excluding carboxylic acids is 2. The molecule has 1 aromatic rings. The first-order valence-electron chi connectivity index (χ1n) is 6.39. The van der Waals surface area contributed by atoms with Gasteiger partial charge in [0.2, 0.25) is 5.91 Å². The van der Waals surface area contributed by atoms with E-state index in [9.17, 15) is 9.59 Å². The largest absolute Gasteiger partial charge is 0.482 e. The second-order valence-electron chi connectivity index (χ2n) is 4.85. The van der Waals surface area contributed by atoms with E-state index >= 15 is 0 Å². The SMILES string of the molecule is COC(=O)COc1cccc(CNC(=O)C2(N)CC2)c1.Cl. The number of hydrogen-bond acceptors (Lipinski definition) is 5. The average Bonchev–Trinajstić information content (AvgIpc) is 3.21. The van der Waals surface area contributed by atoms with Crippen molar-refractivity contribution in [1.29, 1.82) is 0 Å². The number of amides is 1. The van der Waals surface area contributed by atoms with E-state index in [1.54, 1.807) is 18.2 Å². The van der Waals surface area contributed by atoms with Crippen molar-refractivity contribution in [3.63, 3.8) is 0 Å². The Balaban J connectivity index is 0.00000220. The van der Waals surface area contributed by atoms with Crippen molar-refractivity contribution in [2.24, 2.45) is 5.73 Å². The Hall–Kier alpha value is -1.79. The summed E-state index contributed by atoms with van der Waals surface area (Å²) in [6.07, 6.45) is 1.47. The van der Waals surface area contributed by atoms with Gasteiger partial charge in [-0.2, -0.15) is 0 Å². The number of carbonyl (C=O) groups is 2. The fourth-order valence-electron chi connectivity index (χ4n) is 1.67. The molecule has 1 aliphatic rings. The van der Waals surface area contributed by atoms with Gasteiger partial charge in [-0.15, -0.1) is 12.4 Å². The predicted octanol–water partition coefficient (Wildman–Crippen LogP) is 0.768. The minimum Gasteiger partial charge on any atom is -0.482 e. The predicted molar refractivity (Wildman–Crippen MR) is 79.2 cm³/mol. The topological polar surface area (TPSA) is 90.6 Å². The van der Waals surface area contributed by atoms with E-state index in [4.69, 9.17) is 10.5 Å². The Morgan fingerprint density at radius 1 is 1.38 bits per heavy atom. The minimum absolute atomic E-state index is 0. The Bertz CT molecular complexity index is 517. The van der Waals surface area contributed by atoms with Crippen molar-refractivity contribution in [2.75, 3.05) is 13.7 Å². The first kappa shape index (κ1) is 17.3. The van der Waals surface area contributed by atoms with Crippen LogP contribution < -0.4 is 15.8 Å². The smallest absolute Gasteiger partial charge is 0.343 e. The molecule has 7 heteroatoms. The first-order chi connectivity index (χ1) is 9.53. The quantitative estimate of drug-likeness (QED) is 0.757. The molecule has 1 saturated carbocycles. The number of methoxy groups -OCH3 is 1. The third-order valence-corrected chi connectivity index (χ3v) is 3.18. The molecular formula is C14H19ClN2O4. The van der Waals surface area contributed by atoms with E-state index in [2.05, 4.69) is 10.1 Å². The average molecular weight is 315 g/mol. The first-order valence-corrected chi connectivity index (χ1v) is 6.39. The molecule has 0 aliphatic heterocycles. The lowest BCUT2D eigenvalue weighted by Crippen LogP contribution is -2.42. The molecule has 1 fully saturated rings. The van der Waals surface area contributed by atoms with Crippen molar-refractivity contribution < 1.29 is 19.1 Å². The molecule has 0 atom stereocenters. The number of rotatable bonds is 6. The van der Waals surface area contributed by atoms with Crippen molar-refractivity contribution in [1.82, 2.24) is 5.32 Å². The Kier molecular flexibility index (Phi) is 5.99. The summed E-state index contributed by atoms with van der Waals surface area (Å²) in [6, 6.07) is 7.16. The summed E-state index contributed by atoms with van der Waals surface area (Å²) in [5.74, 6) is -0.0167. The Morgan fingerprint density at radius 2 is 2.10 bits per heavy atom. The molecule has 6 nitrogen and oxygen atoms in total. The molecule has 0 saturated heterocycles. The van der Waals surface area contributed by atoms with Crippen LogP contribution in [0.2, 0.25) is 0 Å². The summed E-state index contributed by atoms with van der Waals surface area (Å²) < 4.78 is 9.76. The zero-order valence-electron chi connectivity index (χ0n) is 11.8. The van der Waals surface area contributed by atoms with Gasteiger partial charge in [0, 0.05) is 6.54 Å². The number of nitrogens with one attached hydrogen (secondary N) is 1. The van der Waals surface area contributed by atoms with Gasteiger partial charge in [0.05, 0.1) is 12.6 Å². The number of ether oxygens (including phenoxy) is 2. The van der Waals surface area contributed by atoms with E-state index in [-0.39, 0.29) is 24.9 Å². The van der Waals surface area contributed by atoms with Crippen LogP contribution in [-0.2, 0) is 20.9 Å². The highest BCUT2D eigenvalue weighted by atomic mass is 35.5. The molecule has 0 bridgehead atoms. The second-order valence-corrected chi connectivity index (χ2v) is 4.85. The number of benzene rings is 1. The van der Waals surface area contributed by atoms with Crippen LogP contribution in [0.3, 0.4) is 0 Å². The van der Waals surface area contributed by atoms with Gasteiger partial charge in [0.15, 0.2) is 6.61 Å². The molecule has 0 unspecified atom stereocenters. The third kappa shape index (κ3) is 4.91. The van der Waals surface area contributed by atoms with Crippen molar-refractivity contribution in [2.45, 2.75) is 24.9 Å². The molecule has 21 heavy (non-hydrogen) atoms. The molecule has 1 aliphatic carbocycles. The molecule has 2 rings (SSSR count). The molecule has 0 aromatic heterocycles. The minimum atomic E-state index is -0.668. The monoisotopic (exact) mass is 314 g/mol. The van der Waals surface area contributed by atoms with Crippen LogP contribution in [-0.4, -0.2) is 31.1 Å². The molecule has 1 aromatic carbocycles. The van der Waals surface area contributed by atoms with Gasteiger partial charge in [-0.1, -0.05) is 12.1 Å². The number of hydrogen-bond donors (Lipinski definition) is 2. The van der Waals surface area contributed by atoms with Gasteiger partial charge in [-0.3, -0.25) is 4.79 Å². The fraction of sp³-hybridized carbons (Fsp3) is 0.429. The molecule has 0 radical (unpaired) electrons. The number of esters is 1. The maximum Gasteiger partial charge on any atom is 0.343 e.